The quantitative estimate of drug-likeness (QED) is 0.753. The van der Waals surface area contributed by atoms with E-state index in [1.807, 2.05) is 0 Å². The Morgan fingerprint density at radius 3 is 2.47 bits per heavy atom. The Bertz CT molecular complexity index is 236. The summed E-state index contributed by atoms with van der Waals surface area (Å²) in [4.78, 5) is 13.0. The van der Waals surface area contributed by atoms with Gasteiger partial charge >= 0.3 is 0 Å². The summed E-state index contributed by atoms with van der Waals surface area (Å²) >= 11 is 0. The molecule has 2 N–H and O–H groups in total. The first-order chi connectivity index (χ1) is 7.58. The average Bonchev–Trinajstić information content (AvgIpc) is 3.05. The molecular formula is C10H19ClF2N2O2. The molecule has 0 aliphatic heterocycles. The number of methoxy groups -OCH3 is 1. The van der Waals surface area contributed by atoms with Crippen molar-refractivity contribution >= 4 is 18.3 Å². The van der Waals surface area contributed by atoms with Crippen LogP contribution in [-0.2, 0) is 9.53 Å². The molecule has 0 radical (unpaired) electrons. The summed E-state index contributed by atoms with van der Waals surface area (Å²) < 4.78 is 29.5. The standard InChI is InChI=1S/C10H18F2N2O2.ClH/c1-16-8(5-13)4-10(15)14(6-9(11)12)7-2-3-7;/h7-9H,2-6,13H2,1H3;1H. The number of carbonyl (C=O) groups is 1. The smallest absolute Gasteiger partial charge is 0.255 e. The van der Waals surface area contributed by atoms with E-state index in [9.17, 15) is 13.6 Å². The Balaban J connectivity index is 0.00000256. The molecule has 1 rings (SSSR count). The van der Waals surface area contributed by atoms with Crippen molar-refractivity contribution in [3.05, 3.63) is 0 Å². The van der Waals surface area contributed by atoms with E-state index < -0.39 is 13.0 Å². The summed E-state index contributed by atoms with van der Waals surface area (Å²) in [6, 6.07) is -0.00298. The van der Waals surface area contributed by atoms with Gasteiger partial charge in [-0.05, 0) is 12.8 Å². The molecule has 0 aromatic rings. The van der Waals surface area contributed by atoms with Gasteiger partial charge in [0.15, 0.2) is 0 Å². The molecule has 0 heterocycles. The van der Waals surface area contributed by atoms with Crippen LogP contribution in [0.25, 0.3) is 0 Å². The zero-order valence-electron chi connectivity index (χ0n) is 9.77. The lowest BCUT2D eigenvalue weighted by molar-refractivity contribution is -0.136. The molecule has 0 bridgehead atoms. The highest BCUT2D eigenvalue weighted by Gasteiger charge is 2.34. The summed E-state index contributed by atoms with van der Waals surface area (Å²) in [6.45, 7) is -0.264. The highest BCUT2D eigenvalue weighted by molar-refractivity contribution is 5.85. The average molecular weight is 273 g/mol. The molecule has 7 heteroatoms. The number of nitrogens with zero attached hydrogens (tertiary/aromatic N) is 1. The van der Waals surface area contributed by atoms with Gasteiger partial charge in [-0.3, -0.25) is 4.79 Å². The van der Waals surface area contributed by atoms with Crippen molar-refractivity contribution in [1.82, 2.24) is 4.90 Å². The second kappa shape index (κ2) is 7.79. The number of hydrogen-bond acceptors (Lipinski definition) is 3. The van der Waals surface area contributed by atoms with Crippen molar-refractivity contribution in [3.63, 3.8) is 0 Å². The number of hydrogen-bond donors (Lipinski definition) is 1. The third kappa shape index (κ3) is 5.61. The molecule has 1 amide bonds. The summed E-state index contributed by atoms with van der Waals surface area (Å²) in [5.41, 5.74) is 5.38. The third-order valence-corrected chi connectivity index (χ3v) is 2.64. The number of ether oxygens (including phenoxy) is 1. The fourth-order valence-corrected chi connectivity index (χ4v) is 1.56. The summed E-state index contributed by atoms with van der Waals surface area (Å²) in [5.74, 6) is -0.292. The zero-order valence-corrected chi connectivity index (χ0v) is 10.6. The fraction of sp³-hybridized carbons (Fsp3) is 0.900. The molecule has 0 aromatic carbocycles. The van der Waals surface area contributed by atoms with E-state index in [4.69, 9.17) is 10.5 Å². The van der Waals surface area contributed by atoms with Gasteiger partial charge in [-0.1, -0.05) is 0 Å². The maximum absolute atomic E-state index is 12.3. The molecule has 4 nitrogen and oxygen atoms in total. The van der Waals surface area contributed by atoms with Gasteiger partial charge in [0.2, 0.25) is 5.91 Å². The molecule has 102 valence electrons. The van der Waals surface area contributed by atoms with Crippen LogP contribution in [0.2, 0.25) is 0 Å². The van der Waals surface area contributed by atoms with Crippen LogP contribution in [0.1, 0.15) is 19.3 Å². The molecule has 1 aliphatic rings. The van der Waals surface area contributed by atoms with Gasteiger partial charge < -0.3 is 15.4 Å². The third-order valence-electron chi connectivity index (χ3n) is 2.64. The molecule has 0 spiro atoms. The number of amides is 1. The first-order valence-electron chi connectivity index (χ1n) is 5.39. The summed E-state index contributed by atoms with van der Waals surface area (Å²) in [7, 11) is 1.46. The number of carbonyl (C=O) groups excluding carboxylic acids is 1. The van der Waals surface area contributed by atoms with E-state index in [1.165, 1.54) is 12.0 Å². The zero-order chi connectivity index (χ0) is 12.1. The van der Waals surface area contributed by atoms with Crippen molar-refractivity contribution in [1.29, 1.82) is 0 Å². The normalized spacial score (nSPS) is 16.5. The molecule has 0 saturated heterocycles. The Kier molecular flexibility index (Phi) is 7.58. The maximum Gasteiger partial charge on any atom is 0.255 e. The van der Waals surface area contributed by atoms with Gasteiger partial charge in [0.1, 0.15) is 0 Å². The van der Waals surface area contributed by atoms with E-state index in [2.05, 4.69) is 0 Å². The van der Waals surface area contributed by atoms with Crippen LogP contribution >= 0.6 is 12.4 Å². The Hall–Kier alpha value is -0.460. The minimum Gasteiger partial charge on any atom is -0.380 e. The predicted molar refractivity (Wildman–Crippen MR) is 62.5 cm³/mol. The highest BCUT2D eigenvalue weighted by atomic mass is 35.5. The number of alkyl halides is 2. The van der Waals surface area contributed by atoms with Crippen molar-refractivity contribution < 1.29 is 18.3 Å². The minimum atomic E-state index is -2.48. The van der Waals surface area contributed by atoms with Crippen LogP contribution in [0, 0.1) is 0 Å². The largest absolute Gasteiger partial charge is 0.380 e. The molecule has 17 heavy (non-hydrogen) atoms. The van der Waals surface area contributed by atoms with Crippen molar-refractivity contribution in [2.24, 2.45) is 5.73 Å². The van der Waals surface area contributed by atoms with E-state index in [1.54, 1.807) is 0 Å². The van der Waals surface area contributed by atoms with E-state index >= 15 is 0 Å². The van der Waals surface area contributed by atoms with E-state index in [0.717, 1.165) is 12.8 Å². The van der Waals surface area contributed by atoms with Crippen LogP contribution in [0.5, 0.6) is 0 Å². The van der Waals surface area contributed by atoms with Gasteiger partial charge in [-0.25, -0.2) is 8.78 Å². The molecular weight excluding hydrogens is 254 g/mol. The van der Waals surface area contributed by atoms with E-state index in [-0.39, 0.29) is 43.4 Å². The molecule has 0 aromatic heterocycles. The van der Waals surface area contributed by atoms with Crippen LogP contribution < -0.4 is 5.73 Å². The summed E-state index contributed by atoms with van der Waals surface area (Å²) in [6.07, 6.45) is -1.15. The van der Waals surface area contributed by atoms with Crippen LogP contribution in [-0.4, -0.2) is 49.6 Å². The molecule has 1 aliphatic carbocycles. The molecule has 1 saturated carbocycles. The lowest BCUT2D eigenvalue weighted by Gasteiger charge is -2.24. The van der Waals surface area contributed by atoms with Gasteiger partial charge in [0.05, 0.1) is 19.1 Å². The maximum atomic E-state index is 12.3. The lowest BCUT2D eigenvalue weighted by Crippen LogP contribution is -2.40. The second-order valence-electron chi connectivity index (χ2n) is 3.97. The number of rotatable bonds is 7. The lowest BCUT2D eigenvalue weighted by atomic mass is 10.2. The van der Waals surface area contributed by atoms with Gasteiger partial charge in [-0.15, -0.1) is 12.4 Å². The Morgan fingerprint density at radius 2 is 2.12 bits per heavy atom. The van der Waals surface area contributed by atoms with Gasteiger partial charge in [0.25, 0.3) is 6.43 Å². The van der Waals surface area contributed by atoms with E-state index in [0.29, 0.717) is 0 Å². The highest BCUT2D eigenvalue weighted by Crippen LogP contribution is 2.28. The summed E-state index contributed by atoms with van der Waals surface area (Å²) in [5, 5.41) is 0. The fourth-order valence-electron chi connectivity index (χ4n) is 1.56. The van der Waals surface area contributed by atoms with Crippen LogP contribution in [0.15, 0.2) is 0 Å². The molecule has 1 atom stereocenters. The minimum absolute atomic E-state index is 0. The Morgan fingerprint density at radius 1 is 1.53 bits per heavy atom. The van der Waals surface area contributed by atoms with Crippen molar-refractivity contribution in [2.75, 3.05) is 20.2 Å². The van der Waals surface area contributed by atoms with Crippen LogP contribution in [0.3, 0.4) is 0 Å². The Labute approximate surface area is 106 Å². The topological polar surface area (TPSA) is 55.6 Å². The first-order valence-corrected chi connectivity index (χ1v) is 5.39. The second-order valence-corrected chi connectivity index (χ2v) is 3.97. The SMILES string of the molecule is COC(CN)CC(=O)N(CC(F)F)C1CC1.Cl. The van der Waals surface area contributed by atoms with Crippen LogP contribution in [0.4, 0.5) is 8.78 Å². The van der Waals surface area contributed by atoms with Crippen molar-refractivity contribution in [2.45, 2.75) is 37.8 Å². The monoisotopic (exact) mass is 272 g/mol. The van der Waals surface area contributed by atoms with Gasteiger partial charge in [0, 0.05) is 19.7 Å². The van der Waals surface area contributed by atoms with Crippen molar-refractivity contribution in [3.8, 4) is 0 Å². The number of nitrogens with two attached hydrogens (primary N) is 1. The predicted octanol–water partition coefficient (Wildman–Crippen LogP) is 1.03. The molecule has 1 fully saturated rings. The first kappa shape index (κ1) is 16.5. The molecule has 1 unspecified atom stereocenters. The van der Waals surface area contributed by atoms with Gasteiger partial charge in [-0.2, -0.15) is 0 Å². The number of halogens is 3.